The molecule has 1 fully saturated rings. The summed E-state index contributed by atoms with van der Waals surface area (Å²) in [5, 5.41) is 12.9. The highest BCUT2D eigenvalue weighted by molar-refractivity contribution is 6.30. The van der Waals surface area contributed by atoms with Crippen molar-refractivity contribution < 1.29 is 14.0 Å². The molecule has 2 aromatic rings. The lowest BCUT2D eigenvalue weighted by molar-refractivity contribution is -0.118. The Morgan fingerprint density at radius 3 is 3.08 bits per heavy atom. The van der Waals surface area contributed by atoms with Crippen LogP contribution in [0.1, 0.15) is 28.2 Å². The third kappa shape index (κ3) is 2.95. The zero-order valence-electron chi connectivity index (χ0n) is 13.8. The number of anilines is 1. The zero-order valence-corrected chi connectivity index (χ0v) is 14.6. The Hall–Kier alpha value is -2.45. The topological polar surface area (TPSA) is 90.1 Å². The molecule has 1 aromatic heterocycles. The van der Waals surface area contributed by atoms with Gasteiger partial charge in [0, 0.05) is 43.0 Å². The number of rotatable bonds is 3. The highest BCUT2D eigenvalue weighted by Gasteiger charge is 2.35. The van der Waals surface area contributed by atoms with Crippen molar-refractivity contribution in [3.05, 3.63) is 46.0 Å². The van der Waals surface area contributed by atoms with Crippen LogP contribution < -0.4 is 15.5 Å². The summed E-state index contributed by atoms with van der Waals surface area (Å²) in [6.07, 6.45) is 1.23. The van der Waals surface area contributed by atoms with E-state index < -0.39 is 11.9 Å². The summed E-state index contributed by atoms with van der Waals surface area (Å²) in [5.74, 6) is -1.24. The van der Waals surface area contributed by atoms with E-state index in [0.717, 1.165) is 24.2 Å². The molecule has 1 saturated heterocycles. The van der Waals surface area contributed by atoms with E-state index in [-0.39, 0.29) is 16.8 Å². The molecule has 0 saturated carbocycles. The third-order valence-corrected chi connectivity index (χ3v) is 5.05. The van der Waals surface area contributed by atoms with Crippen LogP contribution in [0.15, 0.2) is 18.2 Å². The second kappa shape index (κ2) is 6.69. The Bertz CT molecular complexity index is 884. The molecular weight excluding hydrogens is 361 g/mol. The van der Waals surface area contributed by atoms with Crippen LogP contribution in [0.4, 0.5) is 10.1 Å². The molecule has 136 valence electrons. The van der Waals surface area contributed by atoms with Crippen molar-refractivity contribution in [1.82, 2.24) is 20.8 Å². The largest absolute Gasteiger partial charge is 0.339 e. The first-order chi connectivity index (χ1) is 12.5. The molecule has 26 heavy (non-hydrogen) atoms. The predicted octanol–water partition coefficient (Wildman–Crippen LogP) is 1.38. The quantitative estimate of drug-likeness (QED) is 0.754. The summed E-state index contributed by atoms with van der Waals surface area (Å²) in [6, 6.07) is 3.56. The number of H-pyrrole nitrogens is 1. The van der Waals surface area contributed by atoms with Crippen molar-refractivity contribution >= 4 is 29.1 Å². The van der Waals surface area contributed by atoms with Gasteiger partial charge < -0.3 is 15.5 Å². The minimum atomic E-state index is -0.662. The number of carbonyl (C=O) groups excluding carboxylic acids is 2. The van der Waals surface area contributed by atoms with E-state index in [0.29, 0.717) is 30.9 Å². The zero-order chi connectivity index (χ0) is 18.3. The Balaban J connectivity index is 1.48. The van der Waals surface area contributed by atoms with Gasteiger partial charge in [0.25, 0.3) is 5.91 Å². The van der Waals surface area contributed by atoms with Gasteiger partial charge >= 0.3 is 0 Å². The Labute approximate surface area is 153 Å². The van der Waals surface area contributed by atoms with Crippen LogP contribution in [0.5, 0.6) is 0 Å². The summed E-state index contributed by atoms with van der Waals surface area (Å²) in [5.41, 5.74) is 2.53. The predicted molar refractivity (Wildman–Crippen MR) is 93.6 cm³/mol. The Morgan fingerprint density at radius 2 is 2.27 bits per heavy atom. The molecule has 4 rings (SSSR count). The number of halogens is 2. The minimum absolute atomic E-state index is 0.00200. The summed E-state index contributed by atoms with van der Waals surface area (Å²) in [4.78, 5) is 26.6. The number of hydrogen-bond acceptors (Lipinski definition) is 4. The fourth-order valence-electron chi connectivity index (χ4n) is 3.36. The maximum Gasteiger partial charge on any atom is 0.272 e. The van der Waals surface area contributed by atoms with Gasteiger partial charge in [-0.3, -0.25) is 14.7 Å². The second-order valence-electron chi connectivity index (χ2n) is 6.36. The number of nitrogens with one attached hydrogen (secondary N) is 3. The van der Waals surface area contributed by atoms with E-state index in [1.165, 1.54) is 17.0 Å². The van der Waals surface area contributed by atoms with E-state index in [1.54, 1.807) is 6.07 Å². The lowest BCUT2D eigenvalue weighted by Crippen LogP contribution is -2.42. The first-order valence-electron chi connectivity index (χ1n) is 8.38. The molecule has 1 atom stereocenters. The molecule has 1 aromatic carbocycles. The highest BCUT2D eigenvalue weighted by atomic mass is 35.5. The van der Waals surface area contributed by atoms with E-state index in [2.05, 4.69) is 20.8 Å². The van der Waals surface area contributed by atoms with Crippen molar-refractivity contribution in [1.29, 1.82) is 0 Å². The van der Waals surface area contributed by atoms with E-state index >= 15 is 0 Å². The van der Waals surface area contributed by atoms with Crippen LogP contribution in [0.25, 0.3) is 0 Å². The third-order valence-electron chi connectivity index (χ3n) is 4.75. The van der Waals surface area contributed by atoms with E-state index in [1.807, 2.05) is 0 Å². The van der Waals surface area contributed by atoms with Crippen molar-refractivity contribution in [2.24, 2.45) is 0 Å². The minimum Gasteiger partial charge on any atom is -0.339 e. The first kappa shape index (κ1) is 17.0. The summed E-state index contributed by atoms with van der Waals surface area (Å²) >= 11 is 5.69. The SMILES string of the molecule is O=C(NC1CCN(c2ccc(Cl)c(F)c2)C1=O)c1n[nH]c2c1CNCC2. The van der Waals surface area contributed by atoms with Crippen LogP contribution in [0.2, 0.25) is 5.02 Å². The second-order valence-corrected chi connectivity index (χ2v) is 6.77. The summed E-state index contributed by atoms with van der Waals surface area (Å²) in [7, 11) is 0. The molecule has 0 bridgehead atoms. The van der Waals surface area contributed by atoms with Crippen molar-refractivity contribution in [3.63, 3.8) is 0 Å². The normalized spacial score (nSPS) is 19.5. The average molecular weight is 378 g/mol. The smallest absolute Gasteiger partial charge is 0.272 e. The Kier molecular flexibility index (Phi) is 4.37. The number of fused-ring (bicyclic) bond motifs is 1. The molecule has 3 heterocycles. The van der Waals surface area contributed by atoms with Crippen molar-refractivity contribution in [2.75, 3.05) is 18.0 Å². The summed E-state index contributed by atoms with van der Waals surface area (Å²) < 4.78 is 13.7. The van der Waals surface area contributed by atoms with Gasteiger partial charge in [-0.05, 0) is 24.6 Å². The van der Waals surface area contributed by atoms with Gasteiger partial charge in [-0.1, -0.05) is 11.6 Å². The fourth-order valence-corrected chi connectivity index (χ4v) is 3.48. The molecule has 2 aliphatic heterocycles. The number of hydrogen-bond donors (Lipinski definition) is 3. The van der Waals surface area contributed by atoms with Crippen LogP contribution in [0.3, 0.4) is 0 Å². The molecule has 1 unspecified atom stereocenters. The molecule has 2 amide bonds. The number of carbonyl (C=O) groups is 2. The average Bonchev–Trinajstić information content (AvgIpc) is 3.22. The molecule has 0 spiro atoms. The van der Waals surface area contributed by atoms with Crippen LogP contribution in [0, 0.1) is 5.82 Å². The van der Waals surface area contributed by atoms with Gasteiger partial charge in [0.2, 0.25) is 5.91 Å². The van der Waals surface area contributed by atoms with E-state index in [9.17, 15) is 14.0 Å². The van der Waals surface area contributed by atoms with Crippen LogP contribution >= 0.6 is 11.6 Å². The molecule has 0 radical (unpaired) electrons. The maximum atomic E-state index is 13.7. The monoisotopic (exact) mass is 377 g/mol. The van der Waals surface area contributed by atoms with Gasteiger partial charge in [-0.25, -0.2) is 4.39 Å². The standard InChI is InChI=1S/C17H17ClFN5O2/c18-11-2-1-9(7-12(11)19)24-6-4-14(17(24)26)21-16(25)15-10-8-20-5-3-13(10)22-23-15/h1-2,7,14,20H,3-6,8H2,(H,21,25)(H,22,23). The number of amides is 2. The van der Waals surface area contributed by atoms with Gasteiger partial charge in [-0.15, -0.1) is 0 Å². The van der Waals surface area contributed by atoms with Gasteiger partial charge in [0.05, 0.1) is 5.02 Å². The maximum absolute atomic E-state index is 13.7. The number of aromatic nitrogens is 2. The Morgan fingerprint density at radius 1 is 1.42 bits per heavy atom. The lowest BCUT2D eigenvalue weighted by Gasteiger charge is -2.18. The van der Waals surface area contributed by atoms with Gasteiger partial charge in [-0.2, -0.15) is 5.10 Å². The number of benzene rings is 1. The van der Waals surface area contributed by atoms with Crippen molar-refractivity contribution in [2.45, 2.75) is 25.4 Å². The van der Waals surface area contributed by atoms with Crippen LogP contribution in [-0.4, -0.2) is 41.1 Å². The summed E-state index contributed by atoms with van der Waals surface area (Å²) in [6.45, 7) is 1.80. The van der Waals surface area contributed by atoms with Gasteiger partial charge in [0.15, 0.2) is 5.69 Å². The number of aromatic amines is 1. The van der Waals surface area contributed by atoms with Gasteiger partial charge in [0.1, 0.15) is 11.9 Å². The van der Waals surface area contributed by atoms with Crippen molar-refractivity contribution in [3.8, 4) is 0 Å². The molecular formula is C17H17ClFN5O2. The van der Waals surface area contributed by atoms with E-state index in [4.69, 9.17) is 11.6 Å². The highest BCUT2D eigenvalue weighted by Crippen LogP contribution is 2.26. The lowest BCUT2D eigenvalue weighted by atomic mass is 10.1. The van der Waals surface area contributed by atoms with Crippen LogP contribution in [-0.2, 0) is 17.8 Å². The molecule has 9 heteroatoms. The molecule has 0 aliphatic carbocycles. The fraction of sp³-hybridized carbons (Fsp3) is 0.353. The first-order valence-corrected chi connectivity index (χ1v) is 8.76. The molecule has 7 nitrogen and oxygen atoms in total. The molecule has 3 N–H and O–H groups in total. The number of nitrogens with zero attached hydrogens (tertiary/aromatic N) is 2. The molecule has 2 aliphatic rings.